The van der Waals surface area contributed by atoms with E-state index in [1.54, 1.807) is 23.1 Å². The van der Waals surface area contributed by atoms with Crippen molar-refractivity contribution in [3.05, 3.63) is 34.3 Å². The molecule has 5 heteroatoms. The van der Waals surface area contributed by atoms with Gasteiger partial charge in [-0.05, 0) is 43.5 Å². The molecule has 1 amide bonds. The number of aryl methyl sites for hydroxylation is 1. The minimum atomic E-state index is -0.799. The molecule has 1 saturated heterocycles. The number of likely N-dealkylation sites (tertiary alicyclic amines) is 1. The third-order valence-electron chi connectivity index (χ3n) is 4.23. The van der Waals surface area contributed by atoms with Crippen LogP contribution in [-0.2, 0) is 4.79 Å². The molecule has 1 N–H and O–H groups in total. The van der Waals surface area contributed by atoms with Crippen LogP contribution in [0.5, 0.6) is 0 Å². The first-order valence-electron chi connectivity index (χ1n) is 7.18. The number of hydrogen-bond donors (Lipinski definition) is 1. The predicted octanol–water partition coefficient (Wildman–Crippen LogP) is 3.37. The van der Waals surface area contributed by atoms with Gasteiger partial charge in [-0.3, -0.25) is 9.59 Å². The zero-order chi connectivity index (χ0) is 15.6. The number of hydrogen-bond acceptors (Lipinski definition) is 2. The van der Waals surface area contributed by atoms with Crippen LogP contribution in [0.3, 0.4) is 0 Å². The van der Waals surface area contributed by atoms with Gasteiger partial charge in [0.1, 0.15) is 0 Å². The van der Waals surface area contributed by atoms with Gasteiger partial charge in [-0.2, -0.15) is 0 Å². The van der Waals surface area contributed by atoms with Gasteiger partial charge < -0.3 is 10.0 Å². The standard InChI is InChI=1S/C16H20ClNO3/c1-3-6-16(15(20)21)7-8-18(10-16)14(19)12-4-5-13(17)11(2)9-12/h4-5,9H,3,6-8,10H2,1-2H3,(H,20,21). The summed E-state index contributed by atoms with van der Waals surface area (Å²) in [4.78, 5) is 25.7. The van der Waals surface area contributed by atoms with E-state index in [9.17, 15) is 14.7 Å². The van der Waals surface area contributed by atoms with Crippen molar-refractivity contribution >= 4 is 23.5 Å². The van der Waals surface area contributed by atoms with E-state index in [0.717, 1.165) is 12.0 Å². The molecule has 21 heavy (non-hydrogen) atoms. The highest BCUT2D eigenvalue weighted by Crippen LogP contribution is 2.36. The number of benzene rings is 1. The van der Waals surface area contributed by atoms with Crippen LogP contribution in [0, 0.1) is 12.3 Å². The maximum atomic E-state index is 12.5. The average molecular weight is 310 g/mol. The van der Waals surface area contributed by atoms with Gasteiger partial charge in [0.15, 0.2) is 0 Å². The van der Waals surface area contributed by atoms with Crippen molar-refractivity contribution in [2.45, 2.75) is 33.1 Å². The van der Waals surface area contributed by atoms with Gasteiger partial charge >= 0.3 is 5.97 Å². The molecule has 0 saturated carbocycles. The molecule has 1 aliphatic rings. The number of nitrogens with zero attached hydrogens (tertiary/aromatic N) is 1. The van der Waals surface area contributed by atoms with Crippen LogP contribution in [0.2, 0.25) is 5.02 Å². The van der Waals surface area contributed by atoms with Gasteiger partial charge in [-0.25, -0.2) is 0 Å². The number of carbonyl (C=O) groups is 2. The third kappa shape index (κ3) is 3.05. The summed E-state index contributed by atoms with van der Waals surface area (Å²) in [6.07, 6.45) is 1.93. The molecule has 0 aliphatic carbocycles. The summed E-state index contributed by atoms with van der Waals surface area (Å²) >= 11 is 5.97. The summed E-state index contributed by atoms with van der Waals surface area (Å²) in [5.74, 6) is -0.916. The molecule has 1 heterocycles. The molecule has 1 aliphatic heterocycles. The normalized spacial score (nSPS) is 21.6. The molecule has 4 nitrogen and oxygen atoms in total. The highest BCUT2D eigenvalue weighted by Gasteiger charge is 2.45. The van der Waals surface area contributed by atoms with Crippen LogP contribution in [-0.4, -0.2) is 35.0 Å². The van der Waals surface area contributed by atoms with Gasteiger partial charge in [-0.15, -0.1) is 0 Å². The summed E-state index contributed by atoms with van der Waals surface area (Å²) in [5.41, 5.74) is 0.626. The summed E-state index contributed by atoms with van der Waals surface area (Å²) in [6.45, 7) is 4.60. The Morgan fingerprint density at radius 2 is 2.14 bits per heavy atom. The number of rotatable bonds is 4. The molecule has 0 aromatic heterocycles. The maximum Gasteiger partial charge on any atom is 0.311 e. The van der Waals surface area contributed by atoms with E-state index in [1.807, 2.05) is 13.8 Å². The van der Waals surface area contributed by atoms with Crippen molar-refractivity contribution in [3.63, 3.8) is 0 Å². The lowest BCUT2D eigenvalue weighted by atomic mass is 9.83. The molecule has 114 valence electrons. The fraction of sp³-hybridized carbons (Fsp3) is 0.500. The zero-order valence-electron chi connectivity index (χ0n) is 12.4. The molecule has 1 atom stereocenters. The van der Waals surface area contributed by atoms with E-state index >= 15 is 0 Å². The average Bonchev–Trinajstić information content (AvgIpc) is 2.87. The fourth-order valence-electron chi connectivity index (χ4n) is 2.97. The van der Waals surface area contributed by atoms with E-state index in [-0.39, 0.29) is 12.5 Å². The van der Waals surface area contributed by atoms with Gasteiger partial charge in [0.25, 0.3) is 5.91 Å². The van der Waals surface area contributed by atoms with E-state index in [1.165, 1.54) is 0 Å². The first-order chi connectivity index (χ1) is 9.89. The largest absolute Gasteiger partial charge is 0.481 e. The fourth-order valence-corrected chi connectivity index (χ4v) is 3.09. The van der Waals surface area contributed by atoms with Crippen LogP contribution < -0.4 is 0 Å². The second kappa shape index (κ2) is 6.06. The number of halogens is 1. The molecule has 1 fully saturated rings. The van der Waals surface area contributed by atoms with E-state index in [0.29, 0.717) is 30.0 Å². The van der Waals surface area contributed by atoms with Gasteiger partial charge in [0.2, 0.25) is 0 Å². The Morgan fingerprint density at radius 3 is 2.71 bits per heavy atom. The second-order valence-corrected chi connectivity index (χ2v) is 6.18. The quantitative estimate of drug-likeness (QED) is 0.927. The number of carboxylic acid groups (broad SMARTS) is 1. The Kier molecular flexibility index (Phi) is 4.57. The van der Waals surface area contributed by atoms with Crippen molar-refractivity contribution in [1.82, 2.24) is 4.90 Å². The van der Waals surface area contributed by atoms with E-state index in [2.05, 4.69) is 0 Å². The Hall–Kier alpha value is -1.55. The highest BCUT2D eigenvalue weighted by molar-refractivity contribution is 6.31. The van der Waals surface area contributed by atoms with Crippen LogP contribution in [0.15, 0.2) is 18.2 Å². The maximum absolute atomic E-state index is 12.5. The second-order valence-electron chi connectivity index (χ2n) is 5.78. The lowest BCUT2D eigenvalue weighted by molar-refractivity contribution is -0.148. The molecule has 1 aromatic rings. The zero-order valence-corrected chi connectivity index (χ0v) is 13.1. The Labute approximate surface area is 129 Å². The number of carboxylic acids is 1. The molecule has 2 rings (SSSR count). The molecule has 1 unspecified atom stereocenters. The molecule has 0 radical (unpaired) electrons. The summed E-state index contributed by atoms with van der Waals surface area (Å²) in [5, 5.41) is 10.1. The summed E-state index contributed by atoms with van der Waals surface area (Å²) in [7, 11) is 0. The van der Waals surface area contributed by atoms with Gasteiger partial charge in [0.05, 0.1) is 5.41 Å². The summed E-state index contributed by atoms with van der Waals surface area (Å²) in [6, 6.07) is 5.15. The van der Waals surface area contributed by atoms with Crippen molar-refractivity contribution in [3.8, 4) is 0 Å². The van der Waals surface area contributed by atoms with Crippen LogP contribution in [0.25, 0.3) is 0 Å². The van der Waals surface area contributed by atoms with E-state index in [4.69, 9.17) is 11.6 Å². The minimum Gasteiger partial charge on any atom is -0.481 e. The van der Waals surface area contributed by atoms with Gasteiger partial charge in [-0.1, -0.05) is 24.9 Å². The first-order valence-corrected chi connectivity index (χ1v) is 7.56. The highest BCUT2D eigenvalue weighted by atomic mass is 35.5. The van der Waals surface area contributed by atoms with Gasteiger partial charge in [0, 0.05) is 23.7 Å². The SMILES string of the molecule is CCCC1(C(=O)O)CCN(C(=O)c2ccc(Cl)c(C)c2)C1. The Morgan fingerprint density at radius 1 is 1.43 bits per heavy atom. The smallest absolute Gasteiger partial charge is 0.311 e. The van der Waals surface area contributed by atoms with E-state index < -0.39 is 11.4 Å². The van der Waals surface area contributed by atoms with Crippen molar-refractivity contribution in [2.75, 3.05) is 13.1 Å². The van der Waals surface area contributed by atoms with Crippen molar-refractivity contribution in [2.24, 2.45) is 5.41 Å². The Balaban J connectivity index is 2.18. The van der Waals surface area contributed by atoms with Crippen LogP contribution >= 0.6 is 11.6 Å². The summed E-state index contributed by atoms with van der Waals surface area (Å²) < 4.78 is 0. The molecule has 0 spiro atoms. The number of amides is 1. The van der Waals surface area contributed by atoms with Crippen molar-refractivity contribution in [1.29, 1.82) is 0 Å². The minimum absolute atomic E-state index is 0.117. The molecular formula is C16H20ClNO3. The lowest BCUT2D eigenvalue weighted by Gasteiger charge is -2.24. The Bertz CT molecular complexity index is 573. The van der Waals surface area contributed by atoms with Crippen LogP contribution in [0.1, 0.15) is 42.1 Å². The van der Waals surface area contributed by atoms with Crippen molar-refractivity contribution < 1.29 is 14.7 Å². The predicted molar refractivity (Wildman–Crippen MR) is 81.7 cm³/mol. The lowest BCUT2D eigenvalue weighted by Crippen LogP contribution is -2.36. The van der Waals surface area contributed by atoms with Crippen LogP contribution in [0.4, 0.5) is 0 Å². The third-order valence-corrected chi connectivity index (χ3v) is 4.65. The monoisotopic (exact) mass is 309 g/mol. The molecule has 1 aromatic carbocycles. The number of aliphatic carboxylic acids is 1. The first kappa shape index (κ1) is 15.8. The molecular weight excluding hydrogens is 290 g/mol. The topological polar surface area (TPSA) is 57.6 Å². The number of carbonyl (C=O) groups excluding carboxylic acids is 1. The molecule has 0 bridgehead atoms.